The molecule has 1 heterocycles. The summed E-state index contributed by atoms with van der Waals surface area (Å²) in [5, 5.41) is 1.61. The molecule has 21 heavy (non-hydrogen) atoms. The summed E-state index contributed by atoms with van der Waals surface area (Å²) in [5.74, 6) is 0. The molecule has 2 aromatic carbocycles. The Morgan fingerprint density at radius 1 is 0.952 bits per heavy atom. The Kier molecular flexibility index (Phi) is 3.87. The Bertz CT molecular complexity index is 748. The highest BCUT2D eigenvalue weighted by Gasteiger charge is 2.26. The maximum Gasteiger partial charge on any atom is 0.243 e. The fraction of sp³-hybridized carbons (Fsp3) is 0.375. The Morgan fingerprint density at radius 2 is 1.67 bits per heavy atom. The predicted molar refractivity (Wildman–Crippen MR) is 85.6 cm³/mol. The molecule has 1 aliphatic rings. The number of sulfonamides is 1. The summed E-state index contributed by atoms with van der Waals surface area (Å²) in [6.45, 7) is 1.24. The van der Waals surface area contributed by atoms with Crippen LogP contribution < -0.4 is 5.73 Å². The molecular weight excluding hydrogens is 284 g/mol. The summed E-state index contributed by atoms with van der Waals surface area (Å²) in [4.78, 5) is 0.391. The van der Waals surface area contributed by atoms with Crippen LogP contribution in [-0.4, -0.2) is 25.8 Å². The van der Waals surface area contributed by atoms with E-state index in [1.54, 1.807) is 28.6 Å². The van der Waals surface area contributed by atoms with E-state index >= 15 is 0 Å². The molecule has 0 atom stereocenters. The second-order valence-corrected chi connectivity index (χ2v) is 7.46. The summed E-state index contributed by atoms with van der Waals surface area (Å²) in [5.41, 5.74) is 6.43. The Hall–Kier alpha value is -1.59. The molecule has 0 spiro atoms. The van der Waals surface area contributed by atoms with Crippen molar-refractivity contribution >= 4 is 26.5 Å². The lowest BCUT2D eigenvalue weighted by atomic mass is 10.1. The van der Waals surface area contributed by atoms with Crippen molar-refractivity contribution in [3.8, 4) is 0 Å². The van der Waals surface area contributed by atoms with Crippen LogP contribution in [0.4, 0.5) is 5.69 Å². The highest BCUT2D eigenvalue weighted by atomic mass is 32.2. The molecule has 2 N–H and O–H groups in total. The molecule has 1 aliphatic heterocycles. The first-order valence-electron chi connectivity index (χ1n) is 7.37. The number of hydrogen-bond donors (Lipinski definition) is 1. The Morgan fingerprint density at radius 3 is 2.38 bits per heavy atom. The first-order chi connectivity index (χ1) is 10.1. The van der Waals surface area contributed by atoms with Gasteiger partial charge in [-0.3, -0.25) is 0 Å². The molecule has 0 aliphatic carbocycles. The van der Waals surface area contributed by atoms with Gasteiger partial charge in [-0.05, 0) is 36.4 Å². The largest absolute Gasteiger partial charge is 0.399 e. The van der Waals surface area contributed by atoms with E-state index in [1.807, 2.05) is 12.1 Å². The fourth-order valence-corrected chi connectivity index (χ4v) is 4.65. The number of nitrogens with zero attached hydrogens (tertiary/aromatic N) is 1. The highest BCUT2D eigenvalue weighted by Crippen LogP contribution is 2.28. The summed E-state index contributed by atoms with van der Waals surface area (Å²) in [6.07, 6.45) is 4.10. The van der Waals surface area contributed by atoms with Crippen LogP contribution in [0.25, 0.3) is 10.8 Å². The minimum atomic E-state index is -3.43. The molecule has 0 saturated carbocycles. The second kappa shape index (κ2) is 5.66. The normalized spacial score (nSPS) is 17.7. The summed E-state index contributed by atoms with van der Waals surface area (Å²) >= 11 is 0. The van der Waals surface area contributed by atoms with Gasteiger partial charge in [-0.2, -0.15) is 4.31 Å². The third-order valence-electron chi connectivity index (χ3n) is 4.05. The molecule has 2 aromatic rings. The Labute approximate surface area is 125 Å². The lowest BCUT2D eigenvalue weighted by Crippen LogP contribution is -2.32. The number of benzene rings is 2. The predicted octanol–water partition coefficient (Wildman–Crippen LogP) is 2.99. The molecular formula is C16H20N2O2S. The van der Waals surface area contributed by atoms with Crippen molar-refractivity contribution in [2.75, 3.05) is 18.8 Å². The molecule has 0 radical (unpaired) electrons. The van der Waals surface area contributed by atoms with Crippen molar-refractivity contribution in [2.24, 2.45) is 0 Å². The summed E-state index contributed by atoms with van der Waals surface area (Å²) < 4.78 is 27.5. The molecule has 112 valence electrons. The zero-order valence-electron chi connectivity index (χ0n) is 12.0. The zero-order valence-corrected chi connectivity index (χ0v) is 12.8. The number of hydrogen-bond acceptors (Lipinski definition) is 3. The standard InChI is InChI=1S/C16H20N2O2S/c17-14-8-9-15-13(12-14)6-5-7-16(15)21(19,20)18-10-3-1-2-4-11-18/h5-9,12H,1-4,10-11,17H2. The van der Waals surface area contributed by atoms with Crippen molar-refractivity contribution in [3.05, 3.63) is 36.4 Å². The van der Waals surface area contributed by atoms with Crippen LogP contribution in [0.3, 0.4) is 0 Å². The number of anilines is 1. The minimum absolute atomic E-state index is 0.391. The van der Waals surface area contributed by atoms with Crippen molar-refractivity contribution in [1.29, 1.82) is 0 Å². The fourth-order valence-electron chi connectivity index (χ4n) is 2.92. The van der Waals surface area contributed by atoms with E-state index in [9.17, 15) is 8.42 Å². The van der Waals surface area contributed by atoms with Crippen molar-refractivity contribution in [3.63, 3.8) is 0 Å². The van der Waals surface area contributed by atoms with E-state index in [1.165, 1.54) is 0 Å². The third-order valence-corrected chi connectivity index (χ3v) is 6.00. The van der Waals surface area contributed by atoms with Gasteiger partial charge in [0.05, 0.1) is 4.90 Å². The summed E-state index contributed by atoms with van der Waals surface area (Å²) in [7, 11) is -3.43. The van der Waals surface area contributed by atoms with Crippen molar-refractivity contribution in [1.82, 2.24) is 4.31 Å². The number of rotatable bonds is 2. The van der Waals surface area contributed by atoms with Crippen LogP contribution in [0.1, 0.15) is 25.7 Å². The van der Waals surface area contributed by atoms with Gasteiger partial charge in [-0.1, -0.05) is 31.0 Å². The maximum absolute atomic E-state index is 12.9. The topological polar surface area (TPSA) is 63.4 Å². The molecule has 3 rings (SSSR count). The number of nitrogen functional groups attached to an aromatic ring is 1. The molecule has 0 unspecified atom stereocenters. The molecule has 0 aromatic heterocycles. The van der Waals surface area contributed by atoms with Gasteiger partial charge >= 0.3 is 0 Å². The van der Waals surface area contributed by atoms with Gasteiger partial charge in [0.2, 0.25) is 10.0 Å². The van der Waals surface area contributed by atoms with Crippen LogP contribution in [-0.2, 0) is 10.0 Å². The van der Waals surface area contributed by atoms with Gasteiger partial charge < -0.3 is 5.73 Å². The zero-order chi connectivity index (χ0) is 14.9. The van der Waals surface area contributed by atoms with E-state index in [2.05, 4.69) is 0 Å². The number of nitrogens with two attached hydrogens (primary N) is 1. The average molecular weight is 304 g/mol. The molecule has 0 amide bonds. The maximum atomic E-state index is 12.9. The number of fused-ring (bicyclic) bond motifs is 1. The first kappa shape index (κ1) is 14.4. The van der Waals surface area contributed by atoms with Gasteiger partial charge in [0.25, 0.3) is 0 Å². The lowest BCUT2D eigenvalue weighted by molar-refractivity contribution is 0.424. The van der Waals surface area contributed by atoms with E-state index in [4.69, 9.17) is 5.73 Å². The van der Waals surface area contributed by atoms with Gasteiger partial charge in [0.15, 0.2) is 0 Å². The molecule has 5 heteroatoms. The monoisotopic (exact) mass is 304 g/mol. The molecule has 0 bridgehead atoms. The molecule has 1 saturated heterocycles. The van der Waals surface area contributed by atoms with Crippen LogP contribution in [0.5, 0.6) is 0 Å². The van der Waals surface area contributed by atoms with E-state index in [0.29, 0.717) is 23.7 Å². The van der Waals surface area contributed by atoms with E-state index in [-0.39, 0.29) is 0 Å². The smallest absolute Gasteiger partial charge is 0.243 e. The second-order valence-electron chi connectivity index (χ2n) is 5.56. The SMILES string of the molecule is Nc1ccc2c(S(=O)(=O)N3CCCCCC3)cccc2c1. The molecule has 4 nitrogen and oxygen atoms in total. The van der Waals surface area contributed by atoms with E-state index in [0.717, 1.165) is 36.5 Å². The van der Waals surface area contributed by atoms with Crippen LogP contribution in [0.15, 0.2) is 41.3 Å². The highest BCUT2D eigenvalue weighted by molar-refractivity contribution is 7.89. The first-order valence-corrected chi connectivity index (χ1v) is 8.81. The van der Waals surface area contributed by atoms with E-state index < -0.39 is 10.0 Å². The van der Waals surface area contributed by atoms with Gasteiger partial charge in [-0.15, -0.1) is 0 Å². The third kappa shape index (κ3) is 2.76. The Balaban J connectivity index is 2.10. The van der Waals surface area contributed by atoms with Gasteiger partial charge in [0.1, 0.15) is 0 Å². The average Bonchev–Trinajstić information content (AvgIpc) is 2.75. The minimum Gasteiger partial charge on any atom is -0.399 e. The summed E-state index contributed by atoms with van der Waals surface area (Å²) in [6, 6.07) is 10.7. The molecule has 1 fully saturated rings. The van der Waals surface area contributed by atoms with Crippen LogP contribution in [0.2, 0.25) is 0 Å². The lowest BCUT2D eigenvalue weighted by Gasteiger charge is -2.21. The van der Waals surface area contributed by atoms with Crippen LogP contribution >= 0.6 is 0 Å². The van der Waals surface area contributed by atoms with Crippen LogP contribution in [0, 0.1) is 0 Å². The van der Waals surface area contributed by atoms with Crippen molar-refractivity contribution < 1.29 is 8.42 Å². The van der Waals surface area contributed by atoms with Gasteiger partial charge in [-0.25, -0.2) is 8.42 Å². The van der Waals surface area contributed by atoms with Gasteiger partial charge in [0, 0.05) is 24.2 Å². The van der Waals surface area contributed by atoms with Crippen molar-refractivity contribution in [2.45, 2.75) is 30.6 Å². The quantitative estimate of drug-likeness (QED) is 0.868.